The average molecular weight is 434 g/mol. The van der Waals surface area contributed by atoms with Crippen molar-refractivity contribution in [2.24, 2.45) is 10.6 Å². The van der Waals surface area contributed by atoms with Crippen LogP contribution in [0.5, 0.6) is 0 Å². The lowest BCUT2D eigenvalue weighted by Gasteiger charge is -2.31. The van der Waals surface area contributed by atoms with Crippen LogP contribution in [0.1, 0.15) is 68.0 Å². The maximum absolute atomic E-state index is 12.7. The summed E-state index contributed by atoms with van der Waals surface area (Å²) in [4.78, 5) is 4.87. The molecule has 2 aromatic carbocycles. The number of hydrogen-bond acceptors (Lipinski definition) is 6. The Bertz CT molecular complexity index is 1000. The molecule has 0 aliphatic heterocycles. The number of benzene rings is 2. The molecule has 2 rings (SSSR count). The number of hydrogen-bond donors (Lipinski definition) is 1. The molecule has 6 nitrogen and oxygen atoms in total. The molecule has 1 N–H and O–H groups in total. The van der Waals surface area contributed by atoms with Crippen molar-refractivity contribution < 1.29 is 22.8 Å². The van der Waals surface area contributed by atoms with Crippen molar-refractivity contribution in [1.82, 2.24) is 0 Å². The Morgan fingerprint density at radius 1 is 1.10 bits per heavy atom. The van der Waals surface area contributed by atoms with Crippen molar-refractivity contribution in [3.8, 4) is 0 Å². The first kappa shape index (κ1) is 24.1. The summed E-state index contributed by atoms with van der Waals surface area (Å²) in [5.41, 5.74) is 3.93. The normalized spacial score (nSPS) is 13.9. The Kier molecular flexibility index (Phi) is 7.45. The molecular weight excluding hydrogens is 402 g/mol. The van der Waals surface area contributed by atoms with Gasteiger partial charge in [-0.15, -0.1) is 0 Å². The van der Waals surface area contributed by atoms with Crippen LogP contribution in [-0.2, 0) is 19.3 Å². The van der Waals surface area contributed by atoms with E-state index in [0.717, 1.165) is 17.5 Å². The minimum atomic E-state index is -4.03. The van der Waals surface area contributed by atoms with E-state index in [4.69, 9.17) is 9.17 Å². The second-order valence-corrected chi connectivity index (χ2v) is 9.85. The monoisotopic (exact) mass is 433 g/mol. The van der Waals surface area contributed by atoms with Gasteiger partial charge in [0.2, 0.25) is 0 Å². The molecule has 0 aromatic heterocycles. The van der Waals surface area contributed by atoms with Gasteiger partial charge in [-0.25, -0.2) is 4.89 Å². The maximum Gasteiger partial charge on any atom is 0.359 e. The highest BCUT2D eigenvalue weighted by Gasteiger charge is 2.30. The highest BCUT2D eigenvalue weighted by atomic mass is 32.2. The summed E-state index contributed by atoms with van der Waals surface area (Å²) in [5, 5.41) is 13.2. The lowest BCUT2D eigenvalue weighted by molar-refractivity contribution is -0.305. The minimum absolute atomic E-state index is 0.143. The Labute approximate surface area is 179 Å². The second-order valence-electron chi connectivity index (χ2n) is 8.38. The van der Waals surface area contributed by atoms with Crippen LogP contribution in [-0.4, -0.2) is 19.4 Å². The molecule has 7 heteroatoms. The third kappa shape index (κ3) is 5.28. The summed E-state index contributed by atoms with van der Waals surface area (Å²) in [5.74, 6) is 0. The van der Waals surface area contributed by atoms with E-state index in [9.17, 15) is 13.7 Å². The van der Waals surface area contributed by atoms with Gasteiger partial charge in [-0.2, -0.15) is 8.42 Å². The first-order chi connectivity index (χ1) is 13.9. The maximum atomic E-state index is 12.7. The van der Waals surface area contributed by atoms with Crippen LogP contribution in [0.2, 0.25) is 0 Å². The van der Waals surface area contributed by atoms with Gasteiger partial charge in [0.15, 0.2) is 0 Å². The fraction of sp³-hybridized carbons (Fsp3) is 0.435. The van der Waals surface area contributed by atoms with Gasteiger partial charge < -0.3 is 0 Å². The zero-order chi connectivity index (χ0) is 22.7. The first-order valence-electron chi connectivity index (χ1n) is 9.89. The number of rotatable bonds is 8. The summed E-state index contributed by atoms with van der Waals surface area (Å²) in [6.45, 7) is 13.1. The van der Waals surface area contributed by atoms with Crippen LogP contribution in [0.3, 0.4) is 0 Å². The molecule has 0 aliphatic carbocycles. The minimum Gasteiger partial charge on any atom is -0.264 e. The van der Waals surface area contributed by atoms with Crippen molar-refractivity contribution in [2.75, 3.05) is 0 Å². The molecule has 0 saturated heterocycles. The van der Waals surface area contributed by atoms with Crippen LogP contribution in [0.25, 0.3) is 0 Å². The number of aryl methyl sites for hydroxylation is 3. The van der Waals surface area contributed by atoms with Crippen molar-refractivity contribution in [2.45, 2.75) is 65.9 Å². The molecular formula is C23H31NO5S. The van der Waals surface area contributed by atoms with Crippen LogP contribution in [0, 0.1) is 26.2 Å². The fourth-order valence-electron chi connectivity index (χ4n) is 3.50. The molecule has 0 fully saturated rings. The van der Waals surface area contributed by atoms with E-state index in [0.29, 0.717) is 22.4 Å². The average Bonchev–Trinajstić information content (AvgIpc) is 2.66. The molecule has 2 aromatic rings. The van der Waals surface area contributed by atoms with Crippen molar-refractivity contribution in [1.29, 1.82) is 0 Å². The van der Waals surface area contributed by atoms with E-state index in [2.05, 4.69) is 5.16 Å². The van der Waals surface area contributed by atoms with Gasteiger partial charge in [0.25, 0.3) is 0 Å². The summed E-state index contributed by atoms with van der Waals surface area (Å²) in [6, 6.07) is 10.9. The van der Waals surface area contributed by atoms with Gasteiger partial charge in [0.1, 0.15) is 11.0 Å². The van der Waals surface area contributed by atoms with Gasteiger partial charge >= 0.3 is 10.1 Å². The fourth-order valence-corrected chi connectivity index (χ4v) is 4.69. The second kappa shape index (κ2) is 9.29. The topological polar surface area (TPSA) is 85.2 Å². The van der Waals surface area contributed by atoms with E-state index < -0.39 is 16.2 Å². The van der Waals surface area contributed by atoms with Crippen LogP contribution in [0.15, 0.2) is 46.4 Å². The third-order valence-corrected chi connectivity index (χ3v) is 6.90. The molecule has 0 saturated carbocycles. The zero-order valence-corrected chi connectivity index (χ0v) is 19.5. The van der Waals surface area contributed by atoms with E-state index in [1.165, 1.54) is 0 Å². The Balaban J connectivity index is 2.26. The molecule has 30 heavy (non-hydrogen) atoms. The quantitative estimate of drug-likeness (QED) is 0.327. The molecule has 0 amide bonds. The van der Waals surface area contributed by atoms with Gasteiger partial charge in [-0.05, 0) is 61.8 Å². The van der Waals surface area contributed by atoms with E-state index >= 15 is 0 Å². The van der Waals surface area contributed by atoms with Gasteiger partial charge in [-0.1, -0.05) is 67.9 Å². The van der Waals surface area contributed by atoms with Crippen LogP contribution < -0.4 is 0 Å². The smallest absolute Gasteiger partial charge is 0.264 e. The highest BCUT2D eigenvalue weighted by molar-refractivity contribution is 7.86. The lowest BCUT2D eigenvalue weighted by Crippen LogP contribution is -2.23. The molecule has 0 aliphatic rings. The van der Waals surface area contributed by atoms with Crippen molar-refractivity contribution >= 4 is 15.8 Å². The SMILES string of the molecule is CCC(C)(C)C(OO)c1ccc(/C(C)=N/OS(=O)(=O)c2c(C)cc(C)cc2C)cc1. The standard InChI is InChI=1S/C23H31NO5S/c1-8-23(6,7)22(28-25)20-11-9-19(10-12-20)18(5)24-29-30(26,27)21-16(3)13-15(2)14-17(21)4/h9-14,22,25H,8H2,1-7H3/b24-18+. The molecule has 164 valence electrons. The summed E-state index contributed by atoms with van der Waals surface area (Å²) in [7, 11) is -4.03. The Morgan fingerprint density at radius 3 is 2.10 bits per heavy atom. The first-order valence-corrected chi connectivity index (χ1v) is 11.3. The summed E-state index contributed by atoms with van der Waals surface area (Å²) >= 11 is 0. The molecule has 0 spiro atoms. The summed E-state index contributed by atoms with van der Waals surface area (Å²) < 4.78 is 30.3. The molecule has 1 atom stereocenters. The Hall–Kier alpha value is -2.22. The zero-order valence-electron chi connectivity index (χ0n) is 18.7. The van der Waals surface area contributed by atoms with E-state index in [1.807, 2.05) is 39.8 Å². The summed E-state index contributed by atoms with van der Waals surface area (Å²) in [6.07, 6.45) is 0.349. The predicted octanol–water partition coefficient (Wildman–Crippen LogP) is 5.71. The lowest BCUT2D eigenvalue weighted by atomic mass is 9.80. The predicted molar refractivity (Wildman–Crippen MR) is 118 cm³/mol. The van der Waals surface area contributed by atoms with E-state index in [-0.39, 0.29) is 10.3 Å². The highest BCUT2D eigenvalue weighted by Crippen LogP contribution is 2.38. The Morgan fingerprint density at radius 2 is 1.63 bits per heavy atom. The van der Waals surface area contributed by atoms with E-state index in [1.54, 1.807) is 45.0 Å². The largest absolute Gasteiger partial charge is 0.359 e. The van der Waals surface area contributed by atoms with Gasteiger partial charge in [0.05, 0.1) is 5.71 Å². The third-order valence-electron chi connectivity index (χ3n) is 5.48. The van der Waals surface area contributed by atoms with Gasteiger partial charge in [0, 0.05) is 0 Å². The van der Waals surface area contributed by atoms with Crippen LogP contribution >= 0.6 is 0 Å². The molecule has 0 bridgehead atoms. The van der Waals surface area contributed by atoms with Crippen LogP contribution in [0.4, 0.5) is 0 Å². The van der Waals surface area contributed by atoms with Gasteiger partial charge in [-0.3, -0.25) is 9.54 Å². The number of nitrogens with zero attached hydrogens (tertiary/aromatic N) is 1. The molecule has 0 radical (unpaired) electrons. The van der Waals surface area contributed by atoms with Crippen molar-refractivity contribution in [3.05, 3.63) is 64.2 Å². The van der Waals surface area contributed by atoms with Crippen molar-refractivity contribution in [3.63, 3.8) is 0 Å². The molecule has 0 heterocycles. The number of oxime groups is 1. The molecule has 1 unspecified atom stereocenters.